The summed E-state index contributed by atoms with van der Waals surface area (Å²) in [6.45, 7) is 0.415. The van der Waals surface area contributed by atoms with Crippen molar-refractivity contribution in [2.75, 3.05) is 14.2 Å². The summed E-state index contributed by atoms with van der Waals surface area (Å²) in [4.78, 5) is 12.8. The van der Waals surface area contributed by atoms with Crippen molar-refractivity contribution in [3.8, 4) is 17.2 Å². The number of amides is 1. The summed E-state index contributed by atoms with van der Waals surface area (Å²) in [6.07, 6.45) is 1.56. The van der Waals surface area contributed by atoms with Gasteiger partial charge in [0.25, 0.3) is 5.91 Å². The molecule has 184 valence electrons. The van der Waals surface area contributed by atoms with Gasteiger partial charge in [0.1, 0.15) is 12.4 Å². The number of carbonyl (C=O) groups is 1. The van der Waals surface area contributed by atoms with Gasteiger partial charge in [-0.3, -0.25) is 4.79 Å². The fourth-order valence-electron chi connectivity index (χ4n) is 4.16. The van der Waals surface area contributed by atoms with Gasteiger partial charge in [-0.25, -0.2) is 5.43 Å². The van der Waals surface area contributed by atoms with Crippen LogP contribution in [0.25, 0.3) is 21.5 Å². The summed E-state index contributed by atoms with van der Waals surface area (Å²) in [5.41, 5.74) is 4.81. The average Bonchev–Trinajstić information content (AvgIpc) is 2.95. The highest BCUT2D eigenvalue weighted by Gasteiger charge is 2.13. The smallest absolute Gasteiger partial charge is 0.275 e. The fourth-order valence-corrected chi connectivity index (χ4v) is 4.16. The predicted molar refractivity (Wildman–Crippen MR) is 147 cm³/mol. The number of hydrazone groups is 1. The molecule has 0 aliphatic heterocycles. The van der Waals surface area contributed by atoms with Crippen LogP contribution in [-0.2, 0) is 6.61 Å². The van der Waals surface area contributed by atoms with Crippen molar-refractivity contribution < 1.29 is 19.0 Å². The van der Waals surface area contributed by atoms with Gasteiger partial charge in [-0.1, -0.05) is 60.7 Å². The van der Waals surface area contributed by atoms with Crippen molar-refractivity contribution >= 4 is 33.7 Å². The maximum atomic E-state index is 12.8. The van der Waals surface area contributed by atoms with Crippen LogP contribution in [0.3, 0.4) is 0 Å². The second-order valence-electron chi connectivity index (χ2n) is 8.48. The van der Waals surface area contributed by atoms with E-state index < -0.39 is 0 Å². The molecule has 6 heteroatoms. The van der Waals surface area contributed by atoms with Crippen molar-refractivity contribution in [1.29, 1.82) is 0 Å². The highest BCUT2D eigenvalue weighted by Crippen LogP contribution is 2.29. The lowest BCUT2D eigenvalue weighted by molar-refractivity contribution is 0.0952. The van der Waals surface area contributed by atoms with Crippen LogP contribution >= 0.6 is 0 Å². The Balaban J connectivity index is 1.26. The van der Waals surface area contributed by atoms with Crippen LogP contribution in [0.2, 0.25) is 0 Å². The molecule has 1 N–H and O–H groups in total. The van der Waals surface area contributed by atoms with E-state index in [1.165, 1.54) is 10.8 Å². The summed E-state index contributed by atoms with van der Waals surface area (Å²) in [5.74, 6) is 1.33. The molecule has 0 heterocycles. The molecule has 0 atom stereocenters. The van der Waals surface area contributed by atoms with Gasteiger partial charge >= 0.3 is 0 Å². The lowest BCUT2D eigenvalue weighted by Crippen LogP contribution is -2.18. The molecule has 0 spiro atoms. The third kappa shape index (κ3) is 5.38. The first-order valence-electron chi connectivity index (χ1n) is 11.8. The number of benzene rings is 5. The Labute approximate surface area is 215 Å². The van der Waals surface area contributed by atoms with Crippen LogP contribution in [0.15, 0.2) is 102 Å². The number of nitrogens with zero attached hydrogens (tertiary/aromatic N) is 1. The largest absolute Gasteiger partial charge is 0.496 e. The topological polar surface area (TPSA) is 69.2 Å². The standard InChI is InChI=1S/C31H26N2O4/c1-35-29-18-26-10-6-5-9-25(26)17-27(29)31(34)33-32-19-21-12-14-28(30(16-21)36-2)37-20-22-11-13-23-7-3-4-8-24(23)15-22/h3-19H,20H2,1-2H3,(H,33,34)/b32-19-. The number of fused-ring (bicyclic) bond motifs is 2. The number of rotatable bonds is 8. The Morgan fingerprint density at radius 1 is 0.730 bits per heavy atom. The fraction of sp³-hybridized carbons (Fsp3) is 0.0968. The van der Waals surface area contributed by atoms with Crippen LogP contribution in [0.5, 0.6) is 17.2 Å². The molecular formula is C31H26N2O4. The van der Waals surface area contributed by atoms with Gasteiger partial charge in [0, 0.05) is 0 Å². The number of nitrogens with one attached hydrogen (secondary N) is 1. The first kappa shape index (κ1) is 23.9. The number of ether oxygens (including phenoxy) is 3. The number of hydrogen-bond donors (Lipinski definition) is 1. The first-order chi connectivity index (χ1) is 18.1. The molecule has 0 bridgehead atoms. The number of methoxy groups -OCH3 is 2. The molecule has 6 nitrogen and oxygen atoms in total. The molecule has 0 fully saturated rings. The van der Waals surface area contributed by atoms with E-state index in [1.54, 1.807) is 26.5 Å². The van der Waals surface area contributed by atoms with E-state index in [0.717, 1.165) is 21.9 Å². The SMILES string of the molecule is COc1cc(/C=N\NC(=O)c2cc3ccccc3cc2OC)ccc1OCc1ccc2ccccc2c1. The molecule has 37 heavy (non-hydrogen) atoms. The van der Waals surface area contributed by atoms with Crippen molar-refractivity contribution in [3.05, 3.63) is 114 Å². The van der Waals surface area contributed by atoms with E-state index in [0.29, 0.717) is 29.4 Å². The lowest BCUT2D eigenvalue weighted by atomic mass is 10.1. The lowest BCUT2D eigenvalue weighted by Gasteiger charge is -2.12. The van der Waals surface area contributed by atoms with Crippen molar-refractivity contribution in [3.63, 3.8) is 0 Å². The summed E-state index contributed by atoms with van der Waals surface area (Å²) >= 11 is 0. The van der Waals surface area contributed by atoms with E-state index in [1.807, 2.05) is 60.7 Å². The molecule has 0 aromatic heterocycles. The summed E-state index contributed by atoms with van der Waals surface area (Å²) in [7, 11) is 3.13. The van der Waals surface area contributed by atoms with Crippen LogP contribution in [0, 0.1) is 0 Å². The summed E-state index contributed by atoms with van der Waals surface area (Å²) in [6, 6.07) is 31.4. The van der Waals surface area contributed by atoms with E-state index in [2.05, 4.69) is 40.9 Å². The molecule has 0 unspecified atom stereocenters. The van der Waals surface area contributed by atoms with Gasteiger partial charge in [-0.05, 0) is 69.1 Å². The maximum Gasteiger partial charge on any atom is 0.275 e. The first-order valence-corrected chi connectivity index (χ1v) is 11.8. The molecule has 5 rings (SSSR count). The van der Waals surface area contributed by atoms with E-state index >= 15 is 0 Å². The van der Waals surface area contributed by atoms with Crippen LogP contribution in [0.4, 0.5) is 0 Å². The Morgan fingerprint density at radius 2 is 1.41 bits per heavy atom. The van der Waals surface area contributed by atoms with Crippen molar-refractivity contribution in [1.82, 2.24) is 5.43 Å². The third-order valence-electron chi connectivity index (χ3n) is 6.09. The molecule has 5 aromatic rings. The molecule has 0 aliphatic rings. The molecule has 0 radical (unpaired) electrons. The second-order valence-corrected chi connectivity index (χ2v) is 8.48. The Morgan fingerprint density at radius 3 is 2.14 bits per heavy atom. The van der Waals surface area contributed by atoms with E-state index in [4.69, 9.17) is 14.2 Å². The number of hydrogen-bond acceptors (Lipinski definition) is 5. The van der Waals surface area contributed by atoms with Gasteiger partial charge in [-0.15, -0.1) is 0 Å². The highest BCUT2D eigenvalue weighted by atomic mass is 16.5. The molecular weight excluding hydrogens is 464 g/mol. The zero-order valence-corrected chi connectivity index (χ0v) is 20.6. The van der Waals surface area contributed by atoms with Crippen LogP contribution in [0.1, 0.15) is 21.5 Å². The zero-order chi connectivity index (χ0) is 25.6. The minimum atomic E-state index is -0.360. The molecule has 1 amide bonds. The quantitative estimate of drug-likeness (QED) is 0.203. The average molecular weight is 491 g/mol. The summed E-state index contributed by atoms with van der Waals surface area (Å²) in [5, 5.41) is 8.43. The van der Waals surface area contributed by atoms with Crippen molar-refractivity contribution in [2.24, 2.45) is 5.10 Å². The Hall–Kier alpha value is -4.84. The third-order valence-corrected chi connectivity index (χ3v) is 6.09. The molecule has 5 aromatic carbocycles. The van der Waals surface area contributed by atoms with Crippen molar-refractivity contribution in [2.45, 2.75) is 6.61 Å². The molecule has 0 saturated carbocycles. The minimum absolute atomic E-state index is 0.360. The maximum absolute atomic E-state index is 12.8. The Bertz CT molecular complexity index is 1610. The van der Waals surface area contributed by atoms with E-state index in [-0.39, 0.29) is 5.91 Å². The normalized spacial score (nSPS) is 11.1. The van der Waals surface area contributed by atoms with Gasteiger partial charge in [-0.2, -0.15) is 5.10 Å². The second kappa shape index (κ2) is 10.8. The predicted octanol–water partition coefficient (Wildman–Crippen LogP) is 6.35. The molecule has 0 saturated heterocycles. The molecule has 0 aliphatic carbocycles. The van der Waals surface area contributed by atoms with Gasteiger partial charge in [0.05, 0.1) is 26.0 Å². The van der Waals surface area contributed by atoms with Crippen LogP contribution in [-0.4, -0.2) is 26.3 Å². The zero-order valence-electron chi connectivity index (χ0n) is 20.6. The van der Waals surface area contributed by atoms with E-state index in [9.17, 15) is 4.79 Å². The van der Waals surface area contributed by atoms with Gasteiger partial charge < -0.3 is 14.2 Å². The minimum Gasteiger partial charge on any atom is -0.496 e. The Kier molecular flexibility index (Phi) is 6.99. The number of carbonyl (C=O) groups excluding carboxylic acids is 1. The summed E-state index contributed by atoms with van der Waals surface area (Å²) < 4.78 is 17.0. The van der Waals surface area contributed by atoms with Crippen LogP contribution < -0.4 is 19.6 Å². The van der Waals surface area contributed by atoms with Gasteiger partial charge in [0.2, 0.25) is 0 Å². The highest BCUT2D eigenvalue weighted by molar-refractivity contribution is 6.02. The monoisotopic (exact) mass is 490 g/mol. The van der Waals surface area contributed by atoms with Gasteiger partial charge in [0.15, 0.2) is 11.5 Å².